The fraction of sp³-hybridized carbons (Fsp3) is 0.182. The van der Waals surface area contributed by atoms with E-state index in [1.807, 2.05) is 31.2 Å². The quantitative estimate of drug-likeness (QED) is 0.668. The Hall–Kier alpha value is -1.02. The van der Waals surface area contributed by atoms with Gasteiger partial charge in [-0.25, -0.2) is 0 Å². The number of allylic oxidation sites excluding steroid dienone is 1. The van der Waals surface area contributed by atoms with Gasteiger partial charge < -0.3 is 0 Å². The van der Waals surface area contributed by atoms with Crippen molar-refractivity contribution in [2.24, 2.45) is 0 Å². The topological polar surface area (TPSA) is 17.1 Å². The maximum atomic E-state index is 10.8. The molecule has 0 unspecified atom stereocenters. The van der Waals surface area contributed by atoms with Gasteiger partial charge in [0, 0.05) is 11.8 Å². The number of rotatable bonds is 2. The molecule has 0 bridgehead atoms. The molecular weight excluding hydrogens is 180 g/mol. The Labute approximate surface area is 82.9 Å². The molecule has 1 rings (SSSR count). The van der Waals surface area contributed by atoms with Crippen LogP contribution in [-0.2, 0) is 4.79 Å². The van der Waals surface area contributed by atoms with Crippen LogP contribution >= 0.6 is 11.8 Å². The predicted molar refractivity (Wildman–Crippen MR) is 57.7 cm³/mol. The first-order valence-corrected chi connectivity index (χ1v) is 4.85. The molecule has 0 N–H and O–H groups in total. The molecule has 0 atom stereocenters. The van der Waals surface area contributed by atoms with Crippen molar-refractivity contribution in [3.63, 3.8) is 0 Å². The van der Waals surface area contributed by atoms with Gasteiger partial charge in [-0.1, -0.05) is 36.0 Å². The summed E-state index contributed by atoms with van der Waals surface area (Å²) in [4.78, 5) is 11.8. The van der Waals surface area contributed by atoms with Gasteiger partial charge in [0.05, 0.1) is 0 Å². The normalized spacial score (nSPS) is 9.69. The first-order valence-electron chi connectivity index (χ1n) is 4.04. The average Bonchev–Trinajstić information content (AvgIpc) is 2.04. The second-order valence-corrected chi connectivity index (χ2v) is 4.15. The number of carbonyl (C=O) groups is 1. The van der Waals surface area contributed by atoms with Gasteiger partial charge in [0.25, 0.3) is 0 Å². The van der Waals surface area contributed by atoms with Crippen molar-refractivity contribution >= 4 is 22.5 Å². The van der Waals surface area contributed by atoms with Crippen molar-refractivity contribution in [2.75, 3.05) is 0 Å². The molecule has 0 saturated heterocycles. The summed E-state index contributed by atoms with van der Waals surface area (Å²) in [6.45, 7) is 7.37. The highest BCUT2D eigenvalue weighted by molar-refractivity contribution is 8.13. The van der Waals surface area contributed by atoms with E-state index < -0.39 is 0 Å². The van der Waals surface area contributed by atoms with Crippen molar-refractivity contribution in [2.45, 2.75) is 18.7 Å². The summed E-state index contributed by atoms with van der Waals surface area (Å²) in [7, 11) is 0. The van der Waals surface area contributed by atoms with Gasteiger partial charge in [-0.05, 0) is 24.6 Å². The summed E-state index contributed by atoms with van der Waals surface area (Å²) in [5.41, 5.74) is 2.16. The van der Waals surface area contributed by atoms with Gasteiger partial charge in [-0.15, -0.1) is 0 Å². The van der Waals surface area contributed by atoms with E-state index in [9.17, 15) is 4.79 Å². The number of benzene rings is 1. The number of thioether (sulfide) groups is 1. The zero-order valence-electron chi connectivity index (χ0n) is 7.83. The molecule has 0 amide bonds. The SMILES string of the molecule is C=C(C)c1ccc(SC(C)=O)cc1. The summed E-state index contributed by atoms with van der Waals surface area (Å²) in [6, 6.07) is 7.84. The van der Waals surface area contributed by atoms with Crippen LogP contribution in [0.15, 0.2) is 35.7 Å². The minimum absolute atomic E-state index is 0.114. The molecule has 0 fully saturated rings. The maximum Gasteiger partial charge on any atom is 0.190 e. The van der Waals surface area contributed by atoms with Gasteiger partial charge in [0.2, 0.25) is 0 Å². The van der Waals surface area contributed by atoms with E-state index in [-0.39, 0.29) is 5.12 Å². The van der Waals surface area contributed by atoms with Crippen molar-refractivity contribution < 1.29 is 4.79 Å². The summed E-state index contributed by atoms with van der Waals surface area (Å²) < 4.78 is 0. The van der Waals surface area contributed by atoms with Crippen LogP contribution in [0.2, 0.25) is 0 Å². The number of hydrogen-bond donors (Lipinski definition) is 0. The predicted octanol–water partition coefficient (Wildman–Crippen LogP) is 3.36. The van der Waals surface area contributed by atoms with E-state index in [1.165, 1.54) is 11.8 Å². The molecule has 0 heterocycles. The van der Waals surface area contributed by atoms with Crippen LogP contribution in [0.5, 0.6) is 0 Å². The Kier molecular flexibility index (Phi) is 3.32. The largest absolute Gasteiger partial charge is 0.287 e. The minimum atomic E-state index is 0.114. The monoisotopic (exact) mass is 192 g/mol. The Balaban J connectivity index is 2.81. The van der Waals surface area contributed by atoms with Crippen LogP contribution in [0.3, 0.4) is 0 Å². The second kappa shape index (κ2) is 4.28. The second-order valence-electron chi connectivity index (χ2n) is 2.90. The van der Waals surface area contributed by atoms with Crippen molar-refractivity contribution in [1.29, 1.82) is 0 Å². The Bertz CT molecular complexity index is 324. The maximum absolute atomic E-state index is 10.8. The van der Waals surface area contributed by atoms with Gasteiger partial charge >= 0.3 is 0 Å². The highest BCUT2D eigenvalue weighted by Gasteiger charge is 1.98. The molecule has 0 radical (unpaired) electrons. The van der Waals surface area contributed by atoms with Crippen molar-refractivity contribution in [3.05, 3.63) is 36.4 Å². The summed E-state index contributed by atoms with van der Waals surface area (Å²) >= 11 is 1.25. The van der Waals surface area contributed by atoms with Gasteiger partial charge in [-0.3, -0.25) is 4.79 Å². The molecule has 0 aliphatic heterocycles. The van der Waals surface area contributed by atoms with Crippen LogP contribution in [0, 0.1) is 0 Å². The fourth-order valence-corrected chi connectivity index (χ4v) is 1.58. The van der Waals surface area contributed by atoms with Crippen LogP contribution in [0.25, 0.3) is 5.57 Å². The molecule has 1 nitrogen and oxygen atoms in total. The van der Waals surface area contributed by atoms with Crippen LogP contribution in [-0.4, -0.2) is 5.12 Å². The minimum Gasteiger partial charge on any atom is -0.287 e. The molecule has 0 spiro atoms. The standard InChI is InChI=1S/C11H12OS/c1-8(2)10-4-6-11(7-5-10)13-9(3)12/h4-7H,1H2,2-3H3. The molecule has 13 heavy (non-hydrogen) atoms. The average molecular weight is 192 g/mol. The van der Waals surface area contributed by atoms with Crippen LogP contribution < -0.4 is 0 Å². The molecule has 68 valence electrons. The van der Waals surface area contributed by atoms with E-state index >= 15 is 0 Å². The van der Waals surface area contributed by atoms with Crippen molar-refractivity contribution in [3.8, 4) is 0 Å². The Morgan fingerprint density at radius 1 is 1.23 bits per heavy atom. The first-order chi connectivity index (χ1) is 6.09. The molecule has 0 aromatic heterocycles. The lowest BCUT2D eigenvalue weighted by atomic mass is 10.1. The summed E-state index contributed by atoms with van der Waals surface area (Å²) in [5.74, 6) is 0. The fourth-order valence-electron chi connectivity index (χ4n) is 0.973. The molecule has 1 aromatic carbocycles. The number of carbonyl (C=O) groups excluding carboxylic acids is 1. The lowest BCUT2D eigenvalue weighted by molar-refractivity contribution is -0.109. The third-order valence-corrected chi connectivity index (χ3v) is 2.40. The first kappa shape index (κ1) is 10.1. The van der Waals surface area contributed by atoms with E-state index in [2.05, 4.69) is 6.58 Å². The number of hydrogen-bond acceptors (Lipinski definition) is 2. The lowest BCUT2D eigenvalue weighted by Crippen LogP contribution is -1.82. The summed E-state index contributed by atoms with van der Waals surface area (Å²) in [6.07, 6.45) is 0. The van der Waals surface area contributed by atoms with Crippen LogP contribution in [0.4, 0.5) is 0 Å². The highest BCUT2D eigenvalue weighted by Crippen LogP contribution is 2.20. The third kappa shape index (κ3) is 3.07. The zero-order valence-corrected chi connectivity index (χ0v) is 8.65. The van der Waals surface area contributed by atoms with E-state index in [1.54, 1.807) is 6.92 Å². The van der Waals surface area contributed by atoms with Gasteiger partial charge in [0.1, 0.15) is 0 Å². The zero-order chi connectivity index (χ0) is 9.84. The van der Waals surface area contributed by atoms with Gasteiger partial charge in [-0.2, -0.15) is 0 Å². The smallest absolute Gasteiger partial charge is 0.190 e. The molecule has 2 heteroatoms. The van der Waals surface area contributed by atoms with E-state index in [0.717, 1.165) is 16.0 Å². The van der Waals surface area contributed by atoms with Crippen molar-refractivity contribution in [1.82, 2.24) is 0 Å². The molecule has 0 saturated carbocycles. The Morgan fingerprint density at radius 3 is 2.15 bits per heavy atom. The third-order valence-electron chi connectivity index (χ3n) is 1.61. The van der Waals surface area contributed by atoms with E-state index in [4.69, 9.17) is 0 Å². The highest BCUT2D eigenvalue weighted by atomic mass is 32.2. The van der Waals surface area contributed by atoms with Crippen LogP contribution in [0.1, 0.15) is 19.4 Å². The van der Waals surface area contributed by atoms with E-state index in [0.29, 0.717) is 0 Å². The lowest BCUT2D eigenvalue weighted by Gasteiger charge is -2.00. The molecule has 0 aliphatic carbocycles. The molecule has 0 aliphatic rings. The molecular formula is C11H12OS. The van der Waals surface area contributed by atoms with Gasteiger partial charge in [0.15, 0.2) is 5.12 Å². The summed E-state index contributed by atoms with van der Waals surface area (Å²) in [5, 5.41) is 0.114. The molecule has 1 aromatic rings. The Morgan fingerprint density at radius 2 is 1.77 bits per heavy atom.